The predicted octanol–water partition coefficient (Wildman–Crippen LogP) is 4.38. The molecule has 3 amide bonds. The largest absolute Gasteiger partial charge is 0.444 e. The number of carbonyl (C=O) groups is 3. The zero-order chi connectivity index (χ0) is 29.0. The van der Waals surface area contributed by atoms with Crippen LogP contribution in [0.1, 0.15) is 52.0 Å². The van der Waals surface area contributed by atoms with Crippen LogP contribution in [0, 0.1) is 11.8 Å². The van der Waals surface area contributed by atoms with Gasteiger partial charge in [-0.25, -0.2) is 9.69 Å². The topological polar surface area (TPSA) is 150 Å². The Hall–Kier alpha value is -3.44. The van der Waals surface area contributed by atoms with Gasteiger partial charge in [-0.3, -0.25) is 24.6 Å². The third-order valence-electron chi connectivity index (χ3n) is 7.07. The van der Waals surface area contributed by atoms with Crippen LogP contribution < -0.4 is 21.5 Å². The number of imide groups is 1. The summed E-state index contributed by atoms with van der Waals surface area (Å²) in [6.07, 6.45) is 2.41. The number of fused-ring (bicyclic) bond motifs is 1. The van der Waals surface area contributed by atoms with E-state index in [1.807, 2.05) is 45.0 Å². The Balaban J connectivity index is 1.48. The molecular formula is C29H36BrN5O5. The van der Waals surface area contributed by atoms with Crippen molar-refractivity contribution in [3.8, 4) is 0 Å². The van der Waals surface area contributed by atoms with Crippen molar-refractivity contribution < 1.29 is 19.1 Å². The summed E-state index contributed by atoms with van der Waals surface area (Å²) in [5, 5.41) is 8.57. The average molecular weight is 615 g/mol. The molecule has 11 heteroatoms. The summed E-state index contributed by atoms with van der Waals surface area (Å²) < 4.78 is 6.23. The van der Waals surface area contributed by atoms with Gasteiger partial charge in [0.05, 0.1) is 22.6 Å². The summed E-state index contributed by atoms with van der Waals surface area (Å²) in [7, 11) is 0. The molecule has 1 heterocycles. The molecule has 5 N–H and O–H groups in total. The van der Waals surface area contributed by atoms with E-state index in [-0.39, 0.29) is 29.7 Å². The number of nitrogens with two attached hydrogens (primary N) is 1. The molecule has 4 rings (SSSR count). The Labute approximate surface area is 241 Å². The van der Waals surface area contributed by atoms with E-state index in [1.54, 1.807) is 18.2 Å². The number of halogens is 1. The van der Waals surface area contributed by atoms with E-state index in [0.717, 1.165) is 22.9 Å². The minimum Gasteiger partial charge on any atom is -0.444 e. The number of anilines is 1. The van der Waals surface area contributed by atoms with Gasteiger partial charge in [0.1, 0.15) is 5.60 Å². The number of hydrogen-bond acceptors (Lipinski definition) is 6. The van der Waals surface area contributed by atoms with E-state index in [1.165, 1.54) is 4.90 Å². The summed E-state index contributed by atoms with van der Waals surface area (Å²) in [6, 6.07) is 11.4. The maximum Gasteiger partial charge on any atom is 0.407 e. The Morgan fingerprint density at radius 2 is 1.75 bits per heavy atom. The zero-order valence-electron chi connectivity index (χ0n) is 23.0. The van der Waals surface area contributed by atoms with E-state index in [4.69, 9.17) is 10.5 Å². The molecule has 3 aromatic rings. The first-order chi connectivity index (χ1) is 18.9. The number of alkyl carbamates (subject to hydrolysis) is 1. The number of hydrogen-bond donors (Lipinski definition) is 4. The van der Waals surface area contributed by atoms with Crippen LogP contribution in [0.25, 0.3) is 10.9 Å². The Morgan fingerprint density at radius 1 is 1.07 bits per heavy atom. The van der Waals surface area contributed by atoms with Crippen LogP contribution in [-0.2, 0) is 20.7 Å². The first kappa shape index (κ1) is 29.5. The van der Waals surface area contributed by atoms with E-state index in [0.29, 0.717) is 36.0 Å². The van der Waals surface area contributed by atoms with Crippen molar-refractivity contribution in [2.75, 3.05) is 11.4 Å². The highest BCUT2D eigenvalue weighted by Crippen LogP contribution is 2.32. The number of benzene rings is 2. The molecule has 0 radical (unpaired) electrons. The number of amides is 3. The quantitative estimate of drug-likeness (QED) is 0.310. The third kappa shape index (κ3) is 7.39. The molecular weight excluding hydrogens is 578 g/mol. The SMILES string of the molecule is CC(C)(C)OC(=O)NC[C@H]1CC[C@H](C(=O)N(C(=O)[C@@H](N)Cc2ccc(Br)cc2)c2ccc3c(=O)[nH][nH]c3c2)CC1. The number of nitrogens with one attached hydrogen (secondary N) is 3. The van der Waals surface area contributed by atoms with Gasteiger partial charge in [-0.1, -0.05) is 28.1 Å². The molecule has 1 fully saturated rings. The fraction of sp³-hybridized carbons (Fsp3) is 0.448. The lowest BCUT2D eigenvalue weighted by Crippen LogP contribution is -2.50. The second-order valence-electron chi connectivity index (χ2n) is 11.4. The minimum absolute atomic E-state index is 0.210. The highest BCUT2D eigenvalue weighted by atomic mass is 79.9. The molecule has 0 aliphatic heterocycles. The molecule has 2 aromatic carbocycles. The lowest BCUT2D eigenvalue weighted by Gasteiger charge is -2.32. The second kappa shape index (κ2) is 12.4. The van der Waals surface area contributed by atoms with Gasteiger partial charge in [-0.05, 0) is 94.7 Å². The number of aromatic nitrogens is 2. The molecule has 1 aliphatic carbocycles. The van der Waals surface area contributed by atoms with E-state index < -0.39 is 23.6 Å². The normalized spacial score (nSPS) is 18.2. The van der Waals surface area contributed by atoms with Gasteiger partial charge in [0.25, 0.3) is 11.5 Å². The Kier molecular flexibility index (Phi) is 9.15. The Morgan fingerprint density at radius 3 is 2.40 bits per heavy atom. The third-order valence-corrected chi connectivity index (χ3v) is 7.60. The monoisotopic (exact) mass is 613 g/mol. The molecule has 0 saturated heterocycles. The van der Waals surface area contributed by atoms with E-state index >= 15 is 0 Å². The van der Waals surface area contributed by atoms with Crippen molar-refractivity contribution in [3.63, 3.8) is 0 Å². The zero-order valence-corrected chi connectivity index (χ0v) is 24.5. The van der Waals surface area contributed by atoms with Crippen molar-refractivity contribution in [2.24, 2.45) is 17.6 Å². The first-order valence-electron chi connectivity index (χ1n) is 13.5. The standard InChI is InChI=1S/C29H36BrN5O5/c1-29(2,3)40-28(39)32-16-18-4-8-19(9-5-18)26(37)35(21-12-13-22-24(15-21)33-34-25(22)36)27(38)23(31)14-17-6-10-20(30)11-7-17/h6-7,10-13,15,18-19,23H,4-5,8-9,14,16,31H2,1-3H3,(H,32,39)(H2,33,34,36)/t18-,19-,23-/m0/s1. The molecule has 1 saturated carbocycles. The average Bonchev–Trinajstić information content (AvgIpc) is 3.28. The van der Waals surface area contributed by atoms with Crippen LogP contribution >= 0.6 is 15.9 Å². The summed E-state index contributed by atoms with van der Waals surface area (Å²) >= 11 is 3.41. The highest BCUT2D eigenvalue weighted by Gasteiger charge is 2.35. The molecule has 40 heavy (non-hydrogen) atoms. The van der Waals surface area contributed by atoms with Gasteiger partial charge in [-0.2, -0.15) is 0 Å². The number of carbonyl (C=O) groups excluding carboxylic acids is 3. The van der Waals surface area contributed by atoms with Crippen molar-refractivity contribution in [3.05, 3.63) is 62.9 Å². The van der Waals surface area contributed by atoms with Crippen molar-refractivity contribution in [1.82, 2.24) is 15.5 Å². The molecule has 10 nitrogen and oxygen atoms in total. The number of rotatable bonds is 7. The number of H-pyrrole nitrogens is 2. The van der Waals surface area contributed by atoms with Gasteiger partial charge >= 0.3 is 6.09 Å². The molecule has 1 aromatic heterocycles. The van der Waals surface area contributed by atoms with Crippen molar-refractivity contribution >= 4 is 50.4 Å². The van der Waals surface area contributed by atoms with Gasteiger partial charge in [0.15, 0.2) is 0 Å². The van der Waals surface area contributed by atoms with Crippen LogP contribution in [0.3, 0.4) is 0 Å². The maximum absolute atomic E-state index is 13.9. The molecule has 0 bridgehead atoms. The first-order valence-corrected chi connectivity index (χ1v) is 14.3. The summed E-state index contributed by atoms with van der Waals surface area (Å²) in [4.78, 5) is 52.8. The van der Waals surface area contributed by atoms with Gasteiger partial charge in [0.2, 0.25) is 5.91 Å². The predicted molar refractivity (Wildman–Crippen MR) is 157 cm³/mol. The molecule has 214 valence electrons. The van der Waals surface area contributed by atoms with Crippen molar-refractivity contribution in [1.29, 1.82) is 0 Å². The molecule has 1 atom stereocenters. The Bertz CT molecular complexity index is 1420. The number of nitrogens with zero attached hydrogens (tertiary/aromatic N) is 1. The molecule has 0 spiro atoms. The summed E-state index contributed by atoms with van der Waals surface area (Å²) in [5.74, 6) is -0.977. The number of ether oxygens (including phenoxy) is 1. The lowest BCUT2D eigenvalue weighted by atomic mass is 9.81. The maximum atomic E-state index is 13.9. The fourth-order valence-corrected chi connectivity index (χ4v) is 5.26. The van der Waals surface area contributed by atoms with Gasteiger partial charge in [-0.15, -0.1) is 0 Å². The number of aromatic amines is 2. The van der Waals surface area contributed by atoms with Gasteiger partial charge in [0, 0.05) is 16.9 Å². The van der Waals surface area contributed by atoms with E-state index in [2.05, 4.69) is 31.4 Å². The smallest absolute Gasteiger partial charge is 0.407 e. The fourth-order valence-electron chi connectivity index (χ4n) is 4.99. The summed E-state index contributed by atoms with van der Waals surface area (Å²) in [6.45, 7) is 5.90. The van der Waals surface area contributed by atoms with Crippen LogP contribution in [0.5, 0.6) is 0 Å². The van der Waals surface area contributed by atoms with Crippen LogP contribution in [0.15, 0.2) is 51.7 Å². The van der Waals surface area contributed by atoms with Crippen LogP contribution in [0.4, 0.5) is 10.5 Å². The van der Waals surface area contributed by atoms with Crippen molar-refractivity contribution in [2.45, 2.75) is 64.5 Å². The minimum atomic E-state index is -0.944. The van der Waals surface area contributed by atoms with Crippen LogP contribution in [-0.4, -0.2) is 46.3 Å². The molecule has 0 unspecified atom stereocenters. The molecule has 1 aliphatic rings. The van der Waals surface area contributed by atoms with E-state index in [9.17, 15) is 19.2 Å². The lowest BCUT2D eigenvalue weighted by molar-refractivity contribution is -0.130. The summed E-state index contributed by atoms with van der Waals surface area (Å²) in [5.41, 5.74) is 7.25. The highest BCUT2D eigenvalue weighted by molar-refractivity contribution is 9.10. The second-order valence-corrected chi connectivity index (χ2v) is 12.3. The van der Waals surface area contributed by atoms with Gasteiger partial charge < -0.3 is 15.8 Å². The van der Waals surface area contributed by atoms with Crippen LogP contribution in [0.2, 0.25) is 0 Å².